The maximum atomic E-state index is 13.2. The Morgan fingerprint density at radius 2 is 1.77 bits per heavy atom. The Morgan fingerprint density at radius 1 is 0.900 bits per heavy atom. The van der Waals surface area contributed by atoms with Crippen LogP contribution in [0, 0.1) is 0 Å². The molecular formula is C24H24N4O2. The summed E-state index contributed by atoms with van der Waals surface area (Å²) in [7, 11) is 0. The maximum absolute atomic E-state index is 13.2. The normalized spacial score (nSPS) is 19.9. The molecule has 5 rings (SSSR count). The van der Waals surface area contributed by atoms with Crippen LogP contribution in [-0.4, -0.2) is 63.7 Å². The minimum Gasteiger partial charge on any atom is -0.327 e. The SMILES string of the molecule is O=C1C2CN(Cc3ccc4cccnc4c3)CCN2C(=O)CN1Cc1ccccc1. The molecule has 0 saturated carbocycles. The lowest BCUT2D eigenvalue weighted by molar-refractivity contribution is -0.160. The highest BCUT2D eigenvalue weighted by atomic mass is 16.2. The second kappa shape index (κ2) is 7.88. The standard InChI is InChI=1S/C24H24N4O2/c29-23-17-27(15-18-5-2-1-3-6-18)24(30)22-16-26(11-12-28(22)23)14-19-8-9-20-7-4-10-25-21(20)13-19/h1-10,13,22H,11-12,14-17H2. The van der Waals surface area contributed by atoms with E-state index in [2.05, 4.69) is 34.1 Å². The van der Waals surface area contributed by atoms with Crippen LogP contribution in [0.2, 0.25) is 0 Å². The average Bonchev–Trinajstić information content (AvgIpc) is 2.78. The molecule has 6 nitrogen and oxygen atoms in total. The van der Waals surface area contributed by atoms with Crippen molar-refractivity contribution in [2.75, 3.05) is 26.2 Å². The van der Waals surface area contributed by atoms with Crippen LogP contribution in [0.4, 0.5) is 0 Å². The second-order valence-corrected chi connectivity index (χ2v) is 8.05. The number of nitrogens with zero attached hydrogens (tertiary/aromatic N) is 4. The van der Waals surface area contributed by atoms with Gasteiger partial charge in [0, 0.05) is 44.3 Å². The van der Waals surface area contributed by atoms with Gasteiger partial charge in [-0.3, -0.25) is 19.5 Å². The monoisotopic (exact) mass is 400 g/mol. The van der Waals surface area contributed by atoms with Gasteiger partial charge in [-0.1, -0.05) is 48.5 Å². The molecule has 0 N–H and O–H groups in total. The average molecular weight is 400 g/mol. The van der Waals surface area contributed by atoms with Crippen molar-refractivity contribution in [3.8, 4) is 0 Å². The summed E-state index contributed by atoms with van der Waals surface area (Å²) in [6, 6.07) is 19.8. The first kappa shape index (κ1) is 18.8. The molecule has 2 saturated heterocycles. The number of aromatic nitrogens is 1. The Labute approximate surface area is 175 Å². The molecule has 0 radical (unpaired) electrons. The van der Waals surface area contributed by atoms with E-state index in [1.807, 2.05) is 36.4 Å². The Bertz CT molecular complexity index is 1080. The molecule has 0 bridgehead atoms. The van der Waals surface area contributed by atoms with Crippen LogP contribution in [0.25, 0.3) is 10.9 Å². The van der Waals surface area contributed by atoms with Crippen molar-refractivity contribution < 1.29 is 9.59 Å². The smallest absolute Gasteiger partial charge is 0.247 e. The molecular weight excluding hydrogens is 376 g/mol. The van der Waals surface area contributed by atoms with Gasteiger partial charge in [0.1, 0.15) is 12.6 Å². The number of rotatable bonds is 4. The van der Waals surface area contributed by atoms with E-state index in [9.17, 15) is 9.59 Å². The summed E-state index contributed by atoms with van der Waals surface area (Å²) >= 11 is 0. The zero-order chi connectivity index (χ0) is 20.5. The predicted octanol–water partition coefficient (Wildman–Crippen LogP) is 2.29. The molecule has 1 aromatic heterocycles. The molecule has 0 spiro atoms. The van der Waals surface area contributed by atoms with Crippen molar-refractivity contribution in [3.63, 3.8) is 0 Å². The first-order valence-corrected chi connectivity index (χ1v) is 10.4. The number of carbonyl (C=O) groups is 2. The molecule has 1 atom stereocenters. The van der Waals surface area contributed by atoms with Crippen LogP contribution in [0.1, 0.15) is 11.1 Å². The lowest BCUT2D eigenvalue weighted by Gasteiger charge is -2.46. The summed E-state index contributed by atoms with van der Waals surface area (Å²) < 4.78 is 0. The summed E-state index contributed by atoms with van der Waals surface area (Å²) in [5.74, 6) is 0.0911. The van der Waals surface area contributed by atoms with Crippen molar-refractivity contribution in [1.29, 1.82) is 0 Å². The first-order chi connectivity index (χ1) is 14.7. The summed E-state index contributed by atoms with van der Waals surface area (Å²) in [5, 5.41) is 1.12. The minimum atomic E-state index is -0.401. The maximum Gasteiger partial charge on any atom is 0.247 e. The second-order valence-electron chi connectivity index (χ2n) is 8.05. The number of carbonyl (C=O) groups excluding carboxylic acids is 2. The zero-order valence-electron chi connectivity index (χ0n) is 16.8. The van der Waals surface area contributed by atoms with Crippen LogP contribution in [-0.2, 0) is 22.7 Å². The Hall–Kier alpha value is -3.25. The molecule has 6 heteroatoms. The van der Waals surface area contributed by atoms with Crippen LogP contribution in [0.15, 0.2) is 66.9 Å². The number of fused-ring (bicyclic) bond motifs is 2. The number of piperazine rings is 2. The molecule has 152 valence electrons. The van der Waals surface area contributed by atoms with E-state index in [0.29, 0.717) is 19.6 Å². The van der Waals surface area contributed by atoms with Crippen molar-refractivity contribution in [3.05, 3.63) is 78.0 Å². The van der Waals surface area contributed by atoms with Crippen molar-refractivity contribution >= 4 is 22.7 Å². The highest BCUT2D eigenvalue weighted by molar-refractivity contribution is 5.95. The third kappa shape index (κ3) is 3.66. The lowest BCUT2D eigenvalue weighted by atomic mass is 10.0. The van der Waals surface area contributed by atoms with Gasteiger partial charge in [0.15, 0.2) is 0 Å². The third-order valence-corrected chi connectivity index (χ3v) is 6.00. The molecule has 3 aromatic rings. The van der Waals surface area contributed by atoms with Gasteiger partial charge in [-0.25, -0.2) is 0 Å². The molecule has 2 aromatic carbocycles. The van der Waals surface area contributed by atoms with E-state index >= 15 is 0 Å². The fourth-order valence-corrected chi connectivity index (χ4v) is 4.44. The highest BCUT2D eigenvalue weighted by Gasteiger charge is 2.42. The van der Waals surface area contributed by atoms with Crippen molar-refractivity contribution in [2.24, 2.45) is 0 Å². The molecule has 1 unspecified atom stereocenters. The number of benzene rings is 2. The van der Waals surface area contributed by atoms with Gasteiger partial charge in [-0.15, -0.1) is 0 Å². The number of hydrogen-bond acceptors (Lipinski definition) is 4. The minimum absolute atomic E-state index is 0.0448. The quantitative estimate of drug-likeness (QED) is 0.674. The van der Waals surface area contributed by atoms with Gasteiger partial charge in [-0.2, -0.15) is 0 Å². The van der Waals surface area contributed by atoms with Gasteiger partial charge >= 0.3 is 0 Å². The summed E-state index contributed by atoms with van der Waals surface area (Å²) in [6.45, 7) is 3.33. The van der Waals surface area contributed by atoms with Crippen molar-refractivity contribution in [1.82, 2.24) is 19.7 Å². The zero-order valence-corrected chi connectivity index (χ0v) is 16.8. The molecule has 2 aliphatic heterocycles. The van der Waals surface area contributed by atoms with E-state index in [1.54, 1.807) is 16.0 Å². The highest BCUT2D eigenvalue weighted by Crippen LogP contribution is 2.22. The van der Waals surface area contributed by atoms with E-state index in [1.165, 1.54) is 5.56 Å². The number of hydrogen-bond donors (Lipinski definition) is 0. The van der Waals surface area contributed by atoms with Gasteiger partial charge in [0.25, 0.3) is 0 Å². The summed E-state index contributed by atoms with van der Waals surface area (Å²) in [5.41, 5.74) is 3.19. The van der Waals surface area contributed by atoms with Crippen LogP contribution in [0.3, 0.4) is 0 Å². The van der Waals surface area contributed by atoms with E-state index in [4.69, 9.17) is 0 Å². The van der Waals surface area contributed by atoms with E-state index in [-0.39, 0.29) is 18.4 Å². The molecule has 2 fully saturated rings. The van der Waals surface area contributed by atoms with Crippen LogP contribution >= 0.6 is 0 Å². The topological polar surface area (TPSA) is 56.8 Å². The fourth-order valence-electron chi connectivity index (χ4n) is 4.44. The number of pyridine rings is 1. The van der Waals surface area contributed by atoms with Gasteiger partial charge in [-0.05, 0) is 23.3 Å². The molecule has 30 heavy (non-hydrogen) atoms. The Kier molecular flexibility index (Phi) is 4.93. The first-order valence-electron chi connectivity index (χ1n) is 10.4. The summed E-state index contributed by atoms with van der Waals surface area (Å²) in [4.78, 5) is 36.0. The van der Waals surface area contributed by atoms with E-state index in [0.717, 1.165) is 29.6 Å². The molecule has 2 amide bonds. The van der Waals surface area contributed by atoms with Crippen molar-refractivity contribution in [2.45, 2.75) is 19.1 Å². The van der Waals surface area contributed by atoms with Gasteiger partial charge in [0.2, 0.25) is 11.8 Å². The predicted molar refractivity (Wildman–Crippen MR) is 114 cm³/mol. The van der Waals surface area contributed by atoms with E-state index < -0.39 is 6.04 Å². The summed E-state index contributed by atoms with van der Waals surface area (Å²) in [6.07, 6.45) is 1.80. The van der Waals surface area contributed by atoms with Crippen LogP contribution in [0.5, 0.6) is 0 Å². The molecule has 0 aliphatic carbocycles. The third-order valence-electron chi connectivity index (χ3n) is 6.00. The van der Waals surface area contributed by atoms with Gasteiger partial charge in [0.05, 0.1) is 5.52 Å². The van der Waals surface area contributed by atoms with Crippen LogP contribution < -0.4 is 0 Å². The Balaban J connectivity index is 1.30. The molecule has 2 aliphatic rings. The lowest BCUT2D eigenvalue weighted by Crippen LogP contribution is -2.66. The number of amides is 2. The fraction of sp³-hybridized carbons (Fsp3) is 0.292. The van der Waals surface area contributed by atoms with Gasteiger partial charge < -0.3 is 9.80 Å². The largest absolute Gasteiger partial charge is 0.327 e. The Morgan fingerprint density at radius 3 is 2.63 bits per heavy atom. The molecule has 3 heterocycles.